The Morgan fingerprint density at radius 2 is 1.89 bits per heavy atom. The number of carbonyl (C=O) groups is 2. The summed E-state index contributed by atoms with van der Waals surface area (Å²) < 4.78 is 5.69. The van der Waals surface area contributed by atoms with E-state index >= 15 is 0 Å². The highest BCUT2D eigenvalue weighted by atomic mass is 16.5. The maximum Gasteiger partial charge on any atom is 0.320 e. The van der Waals surface area contributed by atoms with Crippen molar-refractivity contribution in [3.8, 4) is 6.01 Å². The van der Waals surface area contributed by atoms with Crippen LogP contribution in [0.5, 0.6) is 6.01 Å². The van der Waals surface area contributed by atoms with Gasteiger partial charge in [-0.05, 0) is 25.5 Å². The summed E-state index contributed by atoms with van der Waals surface area (Å²) in [6.45, 7) is 8.54. The number of nitrogens with zero attached hydrogens (tertiary/aromatic N) is 6. The van der Waals surface area contributed by atoms with Crippen LogP contribution < -0.4 is 20.7 Å². The van der Waals surface area contributed by atoms with E-state index in [4.69, 9.17) is 10.5 Å². The van der Waals surface area contributed by atoms with Crippen molar-refractivity contribution in [2.45, 2.75) is 32.7 Å². The molecule has 1 aromatic carbocycles. The number of carbonyl (C=O) groups excluding carboxylic acids is 2. The summed E-state index contributed by atoms with van der Waals surface area (Å²) in [5, 5.41) is 2.79. The van der Waals surface area contributed by atoms with Crippen LogP contribution >= 0.6 is 0 Å². The third-order valence-corrected chi connectivity index (χ3v) is 6.90. The molecule has 11 heteroatoms. The fraction of sp³-hybridized carbons (Fsp3) is 0.556. The predicted molar refractivity (Wildman–Crippen MR) is 148 cm³/mol. The number of piperazine rings is 1. The standard InChI is InChI=1S/C27H40N8O3/c1-3-4-17-38-27-30-25(28)24-26(31-27)35(19-22(36)29-24)12-8-11-34(18-21-9-6-5-7-10-21)23(37)20-33-15-13-32(2)14-16-33/h5-7,9-10H,3-4,8,11-20H2,1-2H3,(H,29,36)(H2,28,30,31). The van der Waals surface area contributed by atoms with Crippen LogP contribution in [0.3, 0.4) is 0 Å². The smallest absolute Gasteiger partial charge is 0.320 e. The van der Waals surface area contributed by atoms with Gasteiger partial charge in [0.15, 0.2) is 11.6 Å². The van der Waals surface area contributed by atoms with Crippen LogP contribution in [0.15, 0.2) is 30.3 Å². The molecule has 0 aliphatic carbocycles. The van der Waals surface area contributed by atoms with Gasteiger partial charge in [-0.15, -0.1) is 0 Å². The summed E-state index contributed by atoms with van der Waals surface area (Å²) in [5.41, 5.74) is 7.64. The SMILES string of the molecule is CCCCOc1nc(N)c2c(n1)N(CCCN(Cc1ccccc1)C(=O)CN1CCN(C)CC1)CC(=O)N2. The van der Waals surface area contributed by atoms with Crippen LogP contribution in [0.1, 0.15) is 31.7 Å². The second kappa shape index (κ2) is 13.4. The molecule has 0 bridgehead atoms. The maximum atomic E-state index is 13.4. The number of likely N-dealkylation sites (N-methyl/N-ethyl adjacent to an activating group) is 1. The van der Waals surface area contributed by atoms with Gasteiger partial charge < -0.3 is 30.5 Å². The number of fused-ring (bicyclic) bond motifs is 1. The number of nitrogens with one attached hydrogen (secondary N) is 1. The van der Waals surface area contributed by atoms with Gasteiger partial charge in [0.1, 0.15) is 5.69 Å². The topological polar surface area (TPSA) is 120 Å². The first-order valence-corrected chi connectivity index (χ1v) is 13.5. The zero-order chi connectivity index (χ0) is 26.9. The summed E-state index contributed by atoms with van der Waals surface area (Å²) >= 11 is 0. The van der Waals surface area contributed by atoms with Crippen molar-refractivity contribution >= 4 is 29.1 Å². The van der Waals surface area contributed by atoms with E-state index in [1.54, 1.807) is 0 Å². The Kier molecular flexibility index (Phi) is 9.72. The Hall–Kier alpha value is -3.44. The lowest BCUT2D eigenvalue weighted by atomic mass is 10.2. The van der Waals surface area contributed by atoms with Gasteiger partial charge in [-0.25, -0.2) is 0 Å². The van der Waals surface area contributed by atoms with Gasteiger partial charge in [0.2, 0.25) is 11.8 Å². The van der Waals surface area contributed by atoms with Gasteiger partial charge in [0.25, 0.3) is 0 Å². The molecule has 1 aromatic heterocycles. The number of hydrogen-bond donors (Lipinski definition) is 2. The Bertz CT molecular complexity index is 1080. The van der Waals surface area contributed by atoms with Crippen LogP contribution in [0.25, 0.3) is 0 Å². The molecule has 0 atom stereocenters. The molecule has 11 nitrogen and oxygen atoms in total. The Morgan fingerprint density at radius 3 is 2.63 bits per heavy atom. The van der Waals surface area contributed by atoms with Crippen molar-refractivity contribution in [2.75, 3.05) is 82.0 Å². The van der Waals surface area contributed by atoms with Crippen molar-refractivity contribution in [1.29, 1.82) is 0 Å². The van der Waals surface area contributed by atoms with Gasteiger partial charge in [-0.3, -0.25) is 14.5 Å². The lowest BCUT2D eigenvalue weighted by molar-refractivity contribution is -0.133. The number of benzene rings is 1. The minimum Gasteiger partial charge on any atom is -0.463 e. The molecule has 3 N–H and O–H groups in total. The average molecular weight is 525 g/mol. The fourth-order valence-electron chi connectivity index (χ4n) is 4.62. The van der Waals surface area contributed by atoms with E-state index in [-0.39, 0.29) is 30.2 Å². The highest BCUT2D eigenvalue weighted by Crippen LogP contribution is 2.33. The van der Waals surface area contributed by atoms with E-state index in [1.807, 2.05) is 40.1 Å². The molecular formula is C27H40N8O3. The van der Waals surface area contributed by atoms with Gasteiger partial charge in [0.05, 0.1) is 19.7 Å². The number of hydrogen-bond acceptors (Lipinski definition) is 9. The molecule has 38 heavy (non-hydrogen) atoms. The molecule has 0 saturated carbocycles. The zero-order valence-corrected chi connectivity index (χ0v) is 22.6. The van der Waals surface area contributed by atoms with Crippen molar-refractivity contribution in [2.24, 2.45) is 0 Å². The van der Waals surface area contributed by atoms with Gasteiger partial charge >= 0.3 is 6.01 Å². The number of nitrogens with two attached hydrogens (primary N) is 1. The lowest BCUT2D eigenvalue weighted by Gasteiger charge is -2.34. The second-order valence-electron chi connectivity index (χ2n) is 10.00. The molecule has 1 saturated heterocycles. The first-order chi connectivity index (χ1) is 18.4. The molecule has 2 aromatic rings. The molecular weight excluding hydrogens is 484 g/mol. The fourth-order valence-corrected chi connectivity index (χ4v) is 4.62. The van der Waals surface area contributed by atoms with Gasteiger partial charge in [0, 0.05) is 45.8 Å². The summed E-state index contributed by atoms with van der Waals surface area (Å²) in [6.07, 6.45) is 2.56. The molecule has 0 spiro atoms. The molecule has 2 aliphatic rings. The van der Waals surface area contributed by atoms with Crippen LogP contribution in [0.4, 0.5) is 17.3 Å². The Balaban J connectivity index is 1.42. The molecule has 2 amide bonds. The minimum absolute atomic E-state index is 0.119. The lowest BCUT2D eigenvalue weighted by Crippen LogP contribution is -2.49. The number of anilines is 3. The van der Waals surface area contributed by atoms with Gasteiger partial charge in [-0.2, -0.15) is 9.97 Å². The van der Waals surface area contributed by atoms with E-state index < -0.39 is 0 Å². The summed E-state index contributed by atoms with van der Waals surface area (Å²) in [7, 11) is 2.11. The van der Waals surface area contributed by atoms with Gasteiger partial charge in [-0.1, -0.05) is 43.7 Å². The Morgan fingerprint density at radius 1 is 1.13 bits per heavy atom. The van der Waals surface area contributed by atoms with E-state index in [0.29, 0.717) is 50.7 Å². The van der Waals surface area contributed by atoms with Crippen molar-refractivity contribution in [1.82, 2.24) is 24.7 Å². The first-order valence-electron chi connectivity index (χ1n) is 13.5. The number of nitrogen functional groups attached to an aromatic ring is 1. The average Bonchev–Trinajstić information content (AvgIpc) is 2.90. The Labute approximate surface area is 224 Å². The summed E-state index contributed by atoms with van der Waals surface area (Å²) in [6, 6.07) is 10.3. The van der Waals surface area contributed by atoms with E-state index in [9.17, 15) is 9.59 Å². The molecule has 3 heterocycles. The third kappa shape index (κ3) is 7.55. The van der Waals surface area contributed by atoms with Crippen LogP contribution in [0, 0.1) is 0 Å². The minimum atomic E-state index is -0.167. The number of ether oxygens (including phenoxy) is 1. The third-order valence-electron chi connectivity index (χ3n) is 6.90. The molecule has 0 unspecified atom stereocenters. The number of rotatable bonds is 12. The van der Waals surface area contributed by atoms with Crippen molar-refractivity contribution < 1.29 is 14.3 Å². The molecule has 2 aliphatic heterocycles. The summed E-state index contributed by atoms with van der Waals surface area (Å²) in [4.78, 5) is 42.9. The highest BCUT2D eigenvalue weighted by molar-refractivity contribution is 6.03. The maximum absolute atomic E-state index is 13.4. The molecule has 4 rings (SSSR count). The zero-order valence-electron chi connectivity index (χ0n) is 22.6. The monoisotopic (exact) mass is 524 g/mol. The largest absolute Gasteiger partial charge is 0.463 e. The van der Waals surface area contributed by atoms with Crippen LogP contribution in [-0.2, 0) is 16.1 Å². The molecule has 1 fully saturated rings. The van der Waals surface area contributed by atoms with Crippen molar-refractivity contribution in [3.05, 3.63) is 35.9 Å². The van der Waals surface area contributed by atoms with Crippen molar-refractivity contribution in [3.63, 3.8) is 0 Å². The van der Waals surface area contributed by atoms with E-state index in [1.165, 1.54) is 0 Å². The number of amides is 2. The number of aromatic nitrogens is 2. The van der Waals surface area contributed by atoms with E-state index in [0.717, 1.165) is 44.6 Å². The molecule has 0 radical (unpaired) electrons. The second-order valence-corrected chi connectivity index (χ2v) is 10.00. The molecule has 206 valence electrons. The quantitative estimate of drug-likeness (QED) is 0.400. The number of unbranched alkanes of at least 4 members (excludes halogenated alkanes) is 1. The predicted octanol–water partition coefficient (Wildman–Crippen LogP) is 1.66. The van der Waals surface area contributed by atoms with Crippen LogP contribution in [0.2, 0.25) is 0 Å². The summed E-state index contributed by atoms with van der Waals surface area (Å²) in [5.74, 6) is 0.697. The first kappa shape index (κ1) is 27.6. The highest BCUT2D eigenvalue weighted by Gasteiger charge is 2.28. The van der Waals surface area contributed by atoms with E-state index in [2.05, 4.69) is 39.1 Å². The van der Waals surface area contributed by atoms with Crippen LogP contribution in [-0.4, -0.2) is 102 Å². The normalized spacial score (nSPS) is 16.2.